The Balaban J connectivity index is 2.21. The number of sulfone groups is 1. The molecule has 9 heteroatoms. The molecule has 1 aromatic carbocycles. The van der Waals surface area contributed by atoms with Gasteiger partial charge in [-0.2, -0.15) is 0 Å². The van der Waals surface area contributed by atoms with E-state index < -0.39 is 25.9 Å². The standard InChI is InChI=1S/C10H13BrN2O4S2/c11-9-5-8(1-2-10(9)12)19(16,17)13-7-3-4-18(14,15)6-7/h1-2,5,7,13H,3-4,6,12H2. The number of benzene rings is 1. The smallest absolute Gasteiger partial charge is 0.240 e. The first kappa shape index (κ1) is 14.8. The lowest BCUT2D eigenvalue weighted by atomic mass is 10.3. The number of nitrogens with one attached hydrogen (secondary N) is 1. The quantitative estimate of drug-likeness (QED) is 0.755. The highest BCUT2D eigenvalue weighted by Gasteiger charge is 2.31. The Labute approximate surface area is 120 Å². The fourth-order valence-corrected chi connectivity index (χ4v) is 5.46. The molecule has 3 N–H and O–H groups in total. The van der Waals surface area contributed by atoms with E-state index in [9.17, 15) is 16.8 Å². The van der Waals surface area contributed by atoms with Crippen molar-refractivity contribution in [2.24, 2.45) is 0 Å². The Kier molecular flexibility index (Phi) is 3.92. The lowest BCUT2D eigenvalue weighted by Gasteiger charge is -2.12. The highest BCUT2D eigenvalue weighted by molar-refractivity contribution is 9.10. The van der Waals surface area contributed by atoms with Gasteiger partial charge in [0.05, 0.1) is 16.4 Å². The zero-order chi connectivity index (χ0) is 14.3. The van der Waals surface area contributed by atoms with Gasteiger partial charge in [0.15, 0.2) is 9.84 Å². The van der Waals surface area contributed by atoms with Gasteiger partial charge in [-0.25, -0.2) is 21.6 Å². The van der Waals surface area contributed by atoms with Crippen LogP contribution in [-0.4, -0.2) is 34.4 Å². The molecular formula is C10H13BrN2O4S2. The first-order valence-electron chi connectivity index (χ1n) is 5.47. The normalized spacial score (nSPS) is 22.5. The van der Waals surface area contributed by atoms with E-state index in [1.807, 2.05) is 0 Å². The molecule has 1 aromatic rings. The first-order valence-corrected chi connectivity index (χ1v) is 9.57. The highest BCUT2D eigenvalue weighted by atomic mass is 79.9. The first-order chi connectivity index (χ1) is 8.70. The van der Waals surface area contributed by atoms with E-state index in [4.69, 9.17) is 5.73 Å². The predicted octanol–water partition coefficient (Wildman–Crippen LogP) is 0.497. The van der Waals surface area contributed by atoms with Crippen LogP contribution < -0.4 is 10.5 Å². The van der Waals surface area contributed by atoms with Crippen LogP contribution in [0.1, 0.15) is 6.42 Å². The fourth-order valence-electron chi connectivity index (χ4n) is 1.85. The summed E-state index contributed by atoms with van der Waals surface area (Å²) in [6.07, 6.45) is 0.303. The number of nitrogens with two attached hydrogens (primary N) is 1. The molecule has 0 amide bonds. The summed E-state index contributed by atoms with van der Waals surface area (Å²) in [5.41, 5.74) is 6.02. The minimum absolute atomic E-state index is 0.0195. The van der Waals surface area contributed by atoms with E-state index in [1.165, 1.54) is 18.2 Å². The zero-order valence-electron chi connectivity index (χ0n) is 9.84. The van der Waals surface area contributed by atoms with E-state index >= 15 is 0 Å². The number of anilines is 1. The lowest BCUT2D eigenvalue weighted by molar-refractivity contribution is 0.562. The molecule has 0 spiro atoms. The van der Waals surface area contributed by atoms with E-state index in [-0.39, 0.29) is 16.4 Å². The summed E-state index contributed by atoms with van der Waals surface area (Å²) in [6.45, 7) is 0. The van der Waals surface area contributed by atoms with Crippen LogP contribution >= 0.6 is 15.9 Å². The predicted molar refractivity (Wildman–Crippen MR) is 75.9 cm³/mol. The summed E-state index contributed by atoms with van der Waals surface area (Å²) in [5.74, 6) is -0.131. The second-order valence-corrected chi connectivity index (χ2v) is 9.20. The molecule has 0 bridgehead atoms. The van der Waals surface area contributed by atoms with Crippen LogP contribution in [0.5, 0.6) is 0 Å². The molecule has 1 heterocycles. The summed E-state index contributed by atoms with van der Waals surface area (Å²) >= 11 is 3.16. The minimum Gasteiger partial charge on any atom is -0.398 e. The highest BCUT2D eigenvalue weighted by Crippen LogP contribution is 2.23. The van der Waals surface area contributed by atoms with Crippen molar-refractivity contribution >= 4 is 41.5 Å². The molecule has 0 aromatic heterocycles. The van der Waals surface area contributed by atoms with Gasteiger partial charge in [-0.1, -0.05) is 0 Å². The summed E-state index contributed by atoms with van der Waals surface area (Å²) in [7, 11) is -6.85. The summed E-state index contributed by atoms with van der Waals surface area (Å²) in [6, 6.07) is 3.68. The summed E-state index contributed by atoms with van der Waals surface area (Å²) in [5, 5.41) is 0. The Bertz CT molecular complexity index is 700. The van der Waals surface area contributed by atoms with Crippen LogP contribution in [0.3, 0.4) is 0 Å². The van der Waals surface area contributed by atoms with Crippen molar-refractivity contribution in [1.82, 2.24) is 4.72 Å². The van der Waals surface area contributed by atoms with Gasteiger partial charge in [-0.15, -0.1) is 0 Å². The molecule has 2 rings (SSSR count). The van der Waals surface area contributed by atoms with E-state index in [0.717, 1.165) is 0 Å². The Hall–Kier alpha value is -0.640. The molecule has 1 unspecified atom stereocenters. The van der Waals surface area contributed by atoms with Crippen LogP contribution in [0.2, 0.25) is 0 Å². The van der Waals surface area contributed by atoms with Crippen LogP contribution in [0.15, 0.2) is 27.6 Å². The molecule has 1 fully saturated rings. The number of hydrogen-bond donors (Lipinski definition) is 2. The number of nitrogen functional groups attached to an aromatic ring is 1. The van der Waals surface area contributed by atoms with Crippen molar-refractivity contribution in [3.8, 4) is 0 Å². The topological polar surface area (TPSA) is 106 Å². The molecule has 1 aliphatic heterocycles. The van der Waals surface area contributed by atoms with Gasteiger partial charge in [0.2, 0.25) is 10.0 Å². The lowest BCUT2D eigenvalue weighted by Crippen LogP contribution is -2.35. The van der Waals surface area contributed by atoms with Gasteiger partial charge in [-0.3, -0.25) is 0 Å². The second-order valence-electron chi connectivity index (χ2n) is 4.40. The largest absolute Gasteiger partial charge is 0.398 e. The molecule has 1 aliphatic rings. The van der Waals surface area contributed by atoms with Gasteiger partial charge in [0.1, 0.15) is 0 Å². The summed E-state index contributed by atoms with van der Waals surface area (Å²) in [4.78, 5) is 0.0536. The maximum absolute atomic E-state index is 12.1. The molecular weight excluding hydrogens is 356 g/mol. The molecule has 1 saturated heterocycles. The Morgan fingerprint density at radius 3 is 2.58 bits per heavy atom. The van der Waals surface area contributed by atoms with E-state index in [0.29, 0.717) is 16.6 Å². The van der Waals surface area contributed by atoms with E-state index in [1.54, 1.807) is 0 Å². The monoisotopic (exact) mass is 368 g/mol. The third-order valence-corrected chi connectivity index (χ3v) is 6.81. The average molecular weight is 369 g/mol. The van der Waals surface area contributed by atoms with Gasteiger partial charge >= 0.3 is 0 Å². The van der Waals surface area contributed by atoms with Gasteiger partial charge < -0.3 is 5.73 Å². The Morgan fingerprint density at radius 1 is 1.37 bits per heavy atom. The zero-order valence-corrected chi connectivity index (χ0v) is 13.1. The average Bonchev–Trinajstić information content (AvgIpc) is 2.61. The van der Waals surface area contributed by atoms with Gasteiger partial charge in [0, 0.05) is 16.2 Å². The third-order valence-electron chi connectivity index (χ3n) is 2.84. The van der Waals surface area contributed by atoms with E-state index in [2.05, 4.69) is 20.7 Å². The van der Waals surface area contributed by atoms with Crippen molar-refractivity contribution in [2.45, 2.75) is 17.4 Å². The van der Waals surface area contributed by atoms with Gasteiger partial charge in [0.25, 0.3) is 0 Å². The van der Waals surface area contributed by atoms with Gasteiger partial charge in [-0.05, 0) is 40.5 Å². The fraction of sp³-hybridized carbons (Fsp3) is 0.400. The number of hydrogen-bond acceptors (Lipinski definition) is 5. The van der Waals surface area contributed by atoms with Crippen LogP contribution in [-0.2, 0) is 19.9 Å². The molecule has 19 heavy (non-hydrogen) atoms. The number of halogens is 1. The maximum atomic E-state index is 12.1. The van der Waals surface area contributed by atoms with Crippen molar-refractivity contribution in [3.05, 3.63) is 22.7 Å². The third kappa shape index (κ3) is 3.47. The molecule has 1 atom stereocenters. The van der Waals surface area contributed by atoms with Crippen LogP contribution in [0.25, 0.3) is 0 Å². The van der Waals surface area contributed by atoms with Crippen molar-refractivity contribution in [3.63, 3.8) is 0 Å². The van der Waals surface area contributed by atoms with Crippen LogP contribution in [0, 0.1) is 0 Å². The van der Waals surface area contributed by atoms with Crippen molar-refractivity contribution in [2.75, 3.05) is 17.2 Å². The molecule has 106 valence electrons. The maximum Gasteiger partial charge on any atom is 0.240 e. The SMILES string of the molecule is Nc1ccc(S(=O)(=O)NC2CCS(=O)(=O)C2)cc1Br. The Morgan fingerprint density at radius 2 is 2.05 bits per heavy atom. The van der Waals surface area contributed by atoms with Crippen molar-refractivity contribution in [1.29, 1.82) is 0 Å². The number of sulfonamides is 1. The number of rotatable bonds is 3. The molecule has 6 nitrogen and oxygen atoms in total. The molecule has 0 aliphatic carbocycles. The van der Waals surface area contributed by atoms with Crippen molar-refractivity contribution < 1.29 is 16.8 Å². The van der Waals surface area contributed by atoms with Crippen LogP contribution in [0.4, 0.5) is 5.69 Å². The molecule has 0 saturated carbocycles. The summed E-state index contributed by atoms with van der Waals surface area (Å²) < 4.78 is 49.7. The minimum atomic E-state index is -3.73. The second kappa shape index (κ2) is 5.04. The molecule has 0 radical (unpaired) electrons.